The third kappa shape index (κ3) is 2.64. The van der Waals surface area contributed by atoms with Crippen LogP contribution in [0.5, 0.6) is 0 Å². The maximum atomic E-state index is 11.1. The summed E-state index contributed by atoms with van der Waals surface area (Å²) < 4.78 is 0.797. The molecule has 0 aliphatic heterocycles. The quantitative estimate of drug-likeness (QED) is 0.846. The number of nitrogens with zero attached hydrogens (tertiary/aromatic N) is 1. The Morgan fingerprint density at radius 3 is 2.27 bits per heavy atom. The molecule has 0 aliphatic rings. The van der Waals surface area contributed by atoms with E-state index in [1.54, 1.807) is 30.3 Å². The zero-order chi connectivity index (χ0) is 11.4. The number of rotatable bonds is 3. The highest BCUT2D eigenvalue weighted by atomic mass is 79.9. The first-order valence-electron chi connectivity index (χ1n) is 3.98. The minimum atomic E-state index is -1.59. The van der Waals surface area contributed by atoms with Crippen LogP contribution in [0.1, 0.15) is 11.5 Å². The summed E-state index contributed by atoms with van der Waals surface area (Å²) >= 11 is 3.20. The van der Waals surface area contributed by atoms with E-state index in [0.717, 1.165) is 4.47 Å². The Bertz CT molecular complexity index is 433. The second kappa shape index (κ2) is 4.71. The Kier molecular flexibility index (Phi) is 3.58. The highest BCUT2D eigenvalue weighted by Crippen LogP contribution is 2.19. The molecular formula is C10H6BrNO3. The number of carboxylic acid groups (broad SMARTS) is 1. The number of hydrogen-bond acceptors (Lipinski definition) is 3. The van der Waals surface area contributed by atoms with E-state index < -0.39 is 17.7 Å². The number of aliphatic carboxylic acids is 1. The molecule has 1 N–H and O–H groups in total. The highest BCUT2D eigenvalue weighted by Gasteiger charge is 2.25. The number of hydrogen-bond donors (Lipinski definition) is 1. The van der Waals surface area contributed by atoms with Crippen LogP contribution in [0.3, 0.4) is 0 Å². The predicted molar refractivity (Wildman–Crippen MR) is 55.1 cm³/mol. The molecule has 1 aromatic carbocycles. The molecule has 0 aromatic heterocycles. The fourth-order valence-corrected chi connectivity index (χ4v) is 1.33. The molecule has 1 unspecified atom stereocenters. The van der Waals surface area contributed by atoms with Crippen molar-refractivity contribution in [3.05, 3.63) is 34.3 Å². The second-order valence-corrected chi connectivity index (χ2v) is 3.70. The van der Waals surface area contributed by atoms with Gasteiger partial charge in [-0.2, -0.15) is 5.26 Å². The fourth-order valence-electron chi connectivity index (χ4n) is 1.06. The van der Waals surface area contributed by atoms with E-state index in [9.17, 15) is 9.59 Å². The molecule has 0 saturated heterocycles. The summed E-state index contributed by atoms with van der Waals surface area (Å²) in [6.07, 6.45) is 0. The molecule has 4 nitrogen and oxygen atoms in total. The summed E-state index contributed by atoms with van der Waals surface area (Å²) in [6, 6.07) is 8.05. The lowest BCUT2D eigenvalue weighted by Crippen LogP contribution is -2.20. The fraction of sp³-hybridized carbons (Fsp3) is 0.100. The summed E-state index contributed by atoms with van der Waals surface area (Å²) in [5.74, 6) is -3.94. The van der Waals surface area contributed by atoms with Crippen molar-refractivity contribution in [1.29, 1.82) is 5.26 Å². The number of ketones is 1. The normalized spacial score (nSPS) is 11.5. The molecule has 0 aliphatic carbocycles. The van der Waals surface area contributed by atoms with E-state index in [2.05, 4.69) is 15.9 Å². The van der Waals surface area contributed by atoms with Crippen molar-refractivity contribution in [1.82, 2.24) is 0 Å². The van der Waals surface area contributed by atoms with Crippen LogP contribution in [0.15, 0.2) is 28.7 Å². The van der Waals surface area contributed by atoms with Crippen molar-refractivity contribution in [2.45, 2.75) is 5.92 Å². The molecule has 0 saturated carbocycles. The zero-order valence-corrected chi connectivity index (χ0v) is 9.06. The van der Waals surface area contributed by atoms with Crippen LogP contribution in [-0.4, -0.2) is 16.9 Å². The number of Topliss-reactive ketones (excluding diaryl/α,β-unsaturated/α-hetero) is 1. The SMILES string of the molecule is N#CC(C(=O)C(=O)O)c1ccc(Br)cc1. The third-order valence-corrected chi connectivity index (χ3v) is 2.33. The summed E-state index contributed by atoms with van der Waals surface area (Å²) in [7, 11) is 0. The van der Waals surface area contributed by atoms with Gasteiger partial charge in [-0.15, -0.1) is 0 Å². The lowest BCUT2D eigenvalue weighted by atomic mass is 9.96. The highest BCUT2D eigenvalue weighted by molar-refractivity contribution is 9.10. The van der Waals surface area contributed by atoms with E-state index in [1.165, 1.54) is 0 Å². The predicted octanol–water partition coefficient (Wildman–Crippen LogP) is 1.71. The first kappa shape index (κ1) is 11.4. The molecule has 1 rings (SSSR count). The number of carboxylic acids is 1. The summed E-state index contributed by atoms with van der Waals surface area (Å²) in [6.45, 7) is 0. The van der Waals surface area contributed by atoms with Crippen LogP contribution >= 0.6 is 15.9 Å². The van der Waals surface area contributed by atoms with E-state index >= 15 is 0 Å². The van der Waals surface area contributed by atoms with Crippen LogP contribution in [0.2, 0.25) is 0 Å². The van der Waals surface area contributed by atoms with Gasteiger partial charge in [0.1, 0.15) is 5.92 Å². The van der Waals surface area contributed by atoms with E-state index in [1.807, 2.05) is 0 Å². The Hall–Kier alpha value is -1.67. The summed E-state index contributed by atoms with van der Waals surface area (Å²) in [5.41, 5.74) is 0.383. The van der Waals surface area contributed by atoms with Crippen LogP contribution in [0, 0.1) is 11.3 Å². The largest absolute Gasteiger partial charge is 0.475 e. The van der Waals surface area contributed by atoms with Gasteiger partial charge in [0.05, 0.1) is 6.07 Å². The maximum Gasteiger partial charge on any atom is 0.373 e. The van der Waals surface area contributed by atoms with Gasteiger partial charge >= 0.3 is 5.97 Å². The molecule has 0 fully saturated rings. The van der Waals surface area contributed by atoms with E-state index in [0.29, 0.717) is 5.56 Å². The Balaban J connectivity index is 3.04. The van der Waals surface area contributed by atoms with Crippen molar-refractivity contribution in [3.63, 3.8) is 0 Å². The molecule has 0 spiro atoms. The minimum Gasteiger partial charge on any atom is -0.475 e. The summed E-state index contributed by atoms with van der Waals surface area (Å²) in [4.78, 5) is 21.6. The van der Waals surface area contributed by atoms with Gasteiger partial charge in [-0.25, -0.2) is 4.79 Å². The van der Waals surface area contributed by atoms with Gasteiger partial charge in [0.25, 0.3) is 5.78 Å². The van der Waals surface area contributed by atoms with Gasteiger partial charge < -0.3 is 5.11 Å². The second-order valence-electron chi connectivity index (χ2n) is 2.78. The number of carbonyl (C=O) groups excluding carboxylic acids is 1. The molecule has 0 amide bonds. The first-order valence-corrected chi connectivity index (χ1v) is 4.77. The Morgan fingerprint density at radius 2 is 1.87 bits per heavy atom. The average Bonchev–Trinajstić information content (AvgIpc) is 2.21. The van der Waals surface area contributed by atoms with Crippen molar-refractivity contribution < 1.29 is 14.7 Å². The molecule has 0 heterocycles. The zero-order valence-electron chi connectivity index (χ0n) is 7.48. The van der Waals surface area contributed by atoms with Gasteiger partial charge in [-0.05, 0) is 17.7 Å². The number of benzene rings is 1. The molecule has 15 heavy (non-hydrogen) atoms. The molecular weight excluding hydrogens is 262 g/mol. The van der Waals surface area contributed by atoms with Crippen molar-refractivity contribution in [3.8, 4) is 6.07 Å². The van der Waals surface area contributed by atoms with Gasteiger partial charge in [-0.1, -0.05) is 28.1 Å². The van der Waals surface area contributed by atoms with Crippen LogP contribution in [-0.2, 0) is 9.59 Å². The third-order valence-electron chi connectivity index (χ3n) is 1.81. The smallest absolute Gasteiger partial charge is 0.373 e. The van der Waals surface area contributed by atoms with E-state index in [4.69, 9.17) is 10.4 Å². The summed E-state index contributed by atoms with van der Waals surface area (Å²) in [5, 5.41) is 17.2. The Morgan fingerprint density at radius 1 is 1.33 bits per heavy atom. The minimum absolute atomic E-state index is 0.383. The topological polar surface area (TPSA) is 78.2 Å². The van der Waals surface area contributed by atoms with Crippen LogP contribution in [0.25, 0.3) is 0 Å². The van der Waals surface area contributed by atoms with Crippen LogP contribution < -0.4 is 0 Å². The lowest BCUT2D eigenvalue weighted by molar-refractivity contribution is -0.149. The molecule has 76 valence electrons. The van der Waals surface area contributed by atoms with Crippen molar-refractivity contribution in [2.75, 3.05) is 0 Å². The monoisotopic (exact) mass is 267 g/mol. The van der Waals surface area contributed by atoms with Gasteiger partial charge in [0.15, 0.2) is 0 Å². The number of carbonyl (C=O) groups is 2. The van der Waals surface area contributed by atoms with Crippen molar-refractivity contribution in [2.24, 2.45) is 0 Å². The molecule has 0 radical (unpaired) electrons. The molecule has 1 atom stereocenters. The van der Waals surface area contributed by atoms with Gasteiger partial charge in [0.2, 0.25) is 0 Å². The lowest BCUT2D eigenvalue weighted by Gasteiger charge is -2.04. The van der Waals surface area contributed by atoms with Crippen LogP contribution in [0.4, 0.5) is 0 Å². The number of nitriles is 1. The maximum absolute atomic E-state index is 11.1. The molecule has 0 bridgehead atoms. The molecule has 1 aromatic rings. The standard InChI is InChI=1S/C10H6BrNO3/c11-7-3-1-6(2-4-7)8(5-12)9(13)10(14)15/h1-4,8H,(H,14,15). The van der Waals surface area contributed by atoms with Gasteiger partial charge in [-0.3, -0.25) is 4.79 Å². The molecule has 5 heteroatoms. The van der Waals surface area contributed by atoms with Crippen molar-refractivity contribution >= 4 is 27.7 Å². The average molecular weight is 268 g/mol. The first-order chi connectivity index (χ1) is 7.06. The Labute approximate surface area is 94.3 Å². The van der Waals surface area contributed by atoms with E-state index in [-0.39, 0.29) is 0 Å². The number of halogens is 1. The van der Waals surface area contributed by atoms with Gasteiger partial charge in [0, 0.05) is 4.47 Å².